The van der Waals surface area contributed by atoms with Gasteiger partial charge in [0.15, 0.2) is 23.9 Å². The number of carbonyl (C=O) groups is 3. The molecule has 0 saturated carbocycles. The summed E-state index contributed by atoms with van der Waals surface area (Å²) < 4.78 is 16.3. The summed E-state index contributed by atoms with van der Waals surface area (Å²) in [5.41, 5.74) is 0.640. The minimum atomic E-state index is -0.728. The highest BCUT2D eigenvalue weighted by Gasteiger charge is 2.21. The molecule has 0 atom stereocenters. The average Bonchev–Trinajstić information content (AvgIpc) is 2.81. The number of ketones is 1. The van der Waals surface area contributed by atoms with E-state index in [4.69, 9.17) is 14.2 Å². The monoisotopic (exact) mass is 441 g/mol. The average molecular weight is 442 g/mol. The summed E-state index contributed by atoms with van der Waals surface area (Å²) in [6, 6.07) is 11.3. The van der Waals surface area contributed by atoms with Gasteiger partial charge in [-0.05, 0) is 44.5 Å². The maximum Gasteiger partial charge on any atom is 0.339 e. The third-order valence-electron chi connectivity index (χ3n) is 4.63. The summed E-state index contributed by atoms with van der Waals surface area (Å²) in [5.74, 6) is -0.450. The predicted octanol–water partition coefficient (Wildman–Crippen LogP) is 4.18. The molecule has 2 rings (SSSR count). The van der Waals surface area contributed by atoms with E-state index >= 15 is 0 Å². The topological polar surface area (TPSA) is 90.9 Å². The molecule has 2 aromatic rings. The normalized spacial score (nSPS) is 10.3. The van der Waals surface area contributed by atoms with Gasteiger partial charge in [-0.3, -0.25) is 9.59 Å². The van der Waals surface area contributed by atoms with Crippen LogP contribution < -0.4 is 14.8 Å². The lowest BCUT2D eigenvalue weighted by molar-refractivity contribution is -0.124. The van der Waals surface area contributed by atoms with Crippen molar-refractivity contribution >= 4 is 17.7 Å². The standard InChI is InChI=1S/C25H31NO6/c1-4-7-10-15-26-23(27)17-32-25(29)20-12-9-8-11-19(20)24(28)18-13-14-21(30-5-2)22(16-18)31-6-3/h8-9,11-14,16H,4-7,10,15,17H2,1-3H3,(H,26,27). The lowest BCUT2D eigenvalue weighted by Crippen LogP contribution is -2.29. The van der Waals surface area contributed by atoms with Crippen LogP contribution in [-0.2, 0) is 9.53 Å². The molecule has 0 aromatic heterocycles. The first kappa shape index (κ1) is 24.9. The smallest absolute Gasteiger partial charge is 0.339 e. The molecule has 1 amide bonds. The first-order chi connectivity index (χ1) is 15.5. The summed E-state index contributed by atoms with van der Waals surface area (Å²) in [6.45, 7) is 6.81. The zero-order valence-corrected chi connectivity index (χ0v) is 18.9. The SMILES string of the molecule is CCCCCNC(=O)COC(=O)c1ccccc1C(=O)c1ccc(OCC)c(OCC)c1. The molecular weight excluding hydrogens is 410 g/mol. The van der Waals surface area contributed by atoms with Gasteiger partial charge in [-0.15, -0.1) is 0 Å². The summed E-state index contributed by atoms with van der Waals surface area (Å²) in [7, 11) is 0. The van der Waals surface area contributed by atoms with E-state index < -0.39 is 12.6 Å². The van der Waals surface area contributed by atoms with Crippen LogP contribution in [0.5, 0.6) is 11.5 Å². The third-order valence-corrected chi connectivity index (χ3v) is 4.63. The molecule has 0 bridgehead atoms. The van der Waals surface area contributed by atoms with Gasteiger partial charge in [-0.25, -0.2) is 4.79 Å². The number of rotatable bonds is 13. The van der Waals surface area contributed by atoms with E-state index in [2.05, 4.69) is 12.2 Å². The van der Waals surface area contributed by atoms with Gasteiger partial charge in [-0.1, -0.05) is 38.0 Å². The van der Waals surface area contributed by atoms with Crippen LogP contribution in [0.15, 0.2) is 42.5 Å². The lowest BCUT2D eigenvalue weighted by Gasteiger charge is -2.13. The van der Waals surface area contributed by atoms with E-state index in [-0.39, 0.29) is 22.8 Å². The minimum Gasteiger partial charge on any atom is -0.490 e. The van der Waals surface area contributed by atoms with E-state index in [1.54, 1.807) is 36.4 Å². The maximum absolute atomic E-state index is 13.2. The molecule has 0 aliphatic rings. The molecule has 0 heterocycles. The molecule has 0 aliphatic heterocycles. The van der Waals surface area contributed by atoms with Gasteiger partial charge < -0.3 is 19.5 Å². The molecule has 2 aromatic carbocycles. The number of esters is 1. The highest BCUT2D eigenvalue weighted by atomic mass is 16.5. The molecule has 0 saturated heterocycles. The Balaban J connectivity index is 2.13. The number of unbranched alkanes of at least 4 members (excludes halogenated alkanes) is 2. The minimum absolute atomic E-state index is 0.100. The quantitative estimate of drug-likeness (QED) is 0.285. The van der Waals surface area contributed by atoms with Crippen molar-refractivity contribution in [1.29, 1.82) is 0 Å². The highest BCUT2D eigenvalue weighted by molar-refractivity contribution is 6.14. The number of nitrogens with one attached hydrogen (secondary N) is 1. The Morgan fingerprint density at radius 3 is 2.22 bits per heavy atom. The fourth-order valence-electron chi connectivity index (χ4n) is 3.07. The van der Waals surface area contributed by atoms with Gasteiger partial charge in [-0.2, -0.15) is 0 Å². The van der Waals surface area contributed by atoms with Crippen LogP contribution in [0.3, 0.4) is 0 Å². The van der Waals surface area contributed by atoms with Gasteiger partial charge >= 0.3 is 5.97 Å². The molecule has 0 aliphatic carbocycles. The molecule has 0 spiro atoms. The Bertz CT molecular complexity index is 924. The molecule has 0 unspecified atom stereocenters. The Morgan fingerprint density at radius 2 is 1.53 bits per heavy atom. The second-order valence-corrected chi connectivity index (χ2v) is 7.04. The van der Waals surface area contributed by atoms with Gasteiger partial charge in [0.2, 0.25) is 0 Å². The molecule has 0 fully saturated rings. The fraction of sp³-hybridized carbons (Fsp3) is 0.400. The van der Waals surface area contributed by atoms with Crippen molar-refractivity contribution < 1.29 is 28.6 Å². The zero-order valence-electron chi connectivity index (χ0n) is 18.9. The van der Waals surface area contributed by atoms with E-state index in [1.165, 1.54) is 6.07 Å². The number of ether oxygens (including phenoxy) is 3. The summed E-state index contributed by atoms with van der Waals surface area (Å²) in [5, 5.41) is 2.71. The Labute approximate surface area is 189 Å². The lowest BCUT2D eigenvalue weighted by atomic mass is 9.98. The van der Waals surface area contributed by atoms with Crippen molar-refractivity contribution in [3.05, 3.63) is 59.2 Å². The number of hydrogen-bond donors (Lipinski definition) is 1. The molecule has 1 N–H and O–H groups in total. The molecule has 7 heteroatoms. The van der Waals surface area contributed by atoms with Crippen LogP contribution in [0.1, 0.15) is 66.3 Å². The van der Waals surface area contributed by atoms with E-state index in [0.717, 1.165) is 19.3 Å². The van der Waals surface area contributed by atoms with Gasteiger partial charge in [0, 0.05) is 17.7 Å². The Kier molecular flexibility index (Phi) is 10.2. The van der Waals surface area contributed by atoms with E-state index in [1.807, 2.05) is 13.8 Å². The molecule has 7 nitrogen and oxygen atoms in total. The number of hydrogen-bond acceptors (Lipinski definition) is 6. The van der Waals surface area contributed by atoms with Crippen molar-refractivity contribution in [2.75, 3.05) is 26.4 Å². The maximum atomic E-state index is 13.2. The Hall–Kier alpha value is -3.35. The van der Waals surface area contributed by atoms with Crippen molar-refractivity contribution in [3.8, 4) is 11.5 Å². The zero-order chi connectivity index (χ0) is 23.3. The van der Waals surface area contributed by atoms with Crippen LogP contribution in [0, 0.1) is 0 Å². The fourth-order valence-corrected chi connectivity index (χ4v) is 3.07. The summed E-state index contributed by atoms with van der Waals surface area (Å²) >= 11 is 0. The second kappa shape index (κ2) is 13.1. The van der Waals surface area contributed by atoms with Gasteiger partial charge in [0.05, 0.1) is 18.8 Å². The van der Waals surface area contributed by atoms with Crippen molar-refractivity contribution in [2.24, 2.45) is 0 Å². The van der Waals surface area contributed by atoms with Crippen LogP contribution in [0.4, 0.5) is 0 Å². The van der Waals surface area contributed by atoms with Crippen LogP contribution in [0.2, 0.25) is 0 Å². The van der Waals surface area contributed by atoms with Crippen molar-refractivity contribution in [2.45, 2.75) is 40.0 Å². The van der Waals surface area contributed by atoms with Crippen molar-refractivity contribution in [1.82, 2.24) is 5.32 Å². The predicted molar refractivity (Wildman–Crippen MR) is 121 cm³/mol. The molecule has 32 heavy (non-hydrogen) atoms. The molecule has 172 valence electrons. The summed E-state index contributed by atoms with van der Waals surface area (Å²) in [6.07, 6.45) is 2.95. The van der Waals surface area contributed by atoms with Crippen LogP contribution >= 0.6 is 0 Å². The second-order valence-electron chi connectivity index (χ2n) is 7.04. The first-order valence-corrected chi connectivity index (χ1v) is 11.0. The number of benzene rings is 2. The number of carbonyl (C=O) groups excluding carboxylic acids is 3. The largest absolute Gasteiger partial charge is 0.490 e. The number of amides is 1. The molecule has 0 radical (unpaired) electrons. The summed E-state index contributed by atoms with van der Waals surface area (Å²) in [4.78, 5) is 37.6. The van der Waals surface area contributed by atoms with Gasteiger partial charge in [0.1, 0.15) is 0 Å². The van der Waals surface area contributed by atoms with Crippen LogP contribution in [-0.4, -0.2) is 44.0 Å². The van der Waals surface area contributed by atoms with Crippen LogP contribution in [0.25, 0.3) is 0 Å². The van der Waals surface area contributed by atoms with E-state index in [0.29, 0.717) is 36.8 Å². The molecular formula is C25H31NO6. The van der Waals surface area contributed by atoms with E-state index in [9.17, 15) is 14.4 Å². The van der Waals surface area contributed by atoms with Crippen molar-refractivity contribution in [3.63, 3.8) is 0 Å². The highest BCUT2D eigenvalue weighted by Crippen LogP contribution is 2.30. The third kappa shape index (κ3) is 7.11. The Morgan fingerprint density at radius 1 is 0.844 bits per heavy atom. The van der Waals surface area contributed by atoms with Gasteiger partial charge in [0.25, 0.3) is 5.91 Å². The first-order valence-electron chi connectivity index (χ1n) is 11.0.